The maximum Gasteiger partial charge on any atom is 0.356 e. The highest BCUT2D eigenvalue weighted by atomic mass is 79.9. The average Bonchev–Trinajstić information content (AvgIpc) is 3.25. The Bertz CT molecular complexity index is 841. The van der Waals surface area contributed by atoms with Crippen LogP contribution in [-0.4, -0.2) is 28.7 Å². The van der Waals surface area contributed by atoms with Gasteiger partial charge >= 0.3 is 5.97 Å². The maximum atomic E-state index is 11.9. The Morgan fingerprint density at radius 3 is 2.75 bits per heavy atom. The zero-order chi connectivity index (χ0) is 16.9. The fourth-order valence-corrected chi connectivity index (χ4v) is 2.19. The van der Waals surface area contributed by atoms with Crippen LogP contribution in [0.1, 0.15) is 10.5 Å². The number of carbonyl (C=O) groups is 2. The van der Waals surface area contributed by atoms with Crippen LogP contribution < -0.4 is 5.32 Å². The molecule has 1 amide bonds. The summed E-state index contributed by atoms with van der Waals surface area (Å²) in [6, 6.07) is 10.3. The number of rotatable bonds is 5. The van der Waals surface area contributed by atoms with E-state index >= 15 is 0 Å². The predicted octanol–water partition coefficient (Wildman–Crippen LogP) is 3.23. The summed E-state index contributed by atoms with van der Waals surface area (Å²) in [6.07, 6.45) is 3.02. The van der Waals surface area contributed by atoms with Crippen LogP contribution in [0.15, 0.2) is 57.8 Å². The lowest BCUT2D eigenvalue weighted by atomic mass is 10.2. The van der Waals surface area contributed by atoms with E-state index in [1.54, 1.807) is 30.3 Å². The van der Waals surface area contributed by atoms with Crippen LogP contribution in [0.3, 0.4) is 0 Å². The van der Waals surface area contributed by atoms with E-state index in [1.807, 2.05) is 0 Å². The van der Waals surface area contributed by atoms with Gasteiger partial charge in [0.1, 0.15) is 5.69 Å². The summed E-state index contributed by atoms with van der Waals surface area (Å²) in [6.45, 7) is -0.394. The number of hydrogen-bond donors (Lipinski definition) is 2. The second kappa shape index (κ2) is 7.14. The number of aromatic amines is 1. The number of nitrogens with zero attached hydrogens (tertiary/aromatic N) is 1. The van der Waals surface area contributed by atoms with E-state index in [2.05, 4.69) is 31.4 Å². The van der Waals surface area contributed by atoms with Crippen molar-refractivity contribution in [1.82, 2.24) is 10.2 Å². The largest absolute Gasteiger partial charge is 0.472 e. The van der Waals surface area contributed by atoms with Crippen LogP contribution in [0.4, 0.5) is 5.69 Å². The number of furan rings is 1. The molecule has 3 aromatic rings. The normalized spacial score (nSPS) is 10.4. The first-order chi connectivity index (χ1) is 11.6. The number of ether oxygens (including phenoxy) is 1. The second-order valence-electron chi connectivity index (χ2n) is 4.81. The second-order valence-corrected chi connectivity index (χ2v) is 5.73. The third-order valence-corrected chi connectivity index (χ3v) is 3.61. The van der Waals surface area contributed by atoms with Crippen molar-refractivity contribution in [3.63, 3.8) is 0 Å². The van der Waals surface area contributed by atoms with E-state index in [9.17, 15) is 9.59 Å². The minimum absolute atomic E-state index is 0.155. The van der Waals surface area contributed by atoms with E-state index in [0.29, 0.717) is 11.4 Å². The molecule has 0 saturated carbocycles. The van der Waals surface area contributed by atoms with E-state index in [4.69, 9.17) is 9.15 Å². The number of esters is 1. The van der Waals surface area contributed by atoms with Gasteiger partial charge < -0.3 is 14.5 Å². The molecule has 0 radical (unpaired) electrons. The zero-order valence-corrected chi connectivity index (χ0v) is 13.9. The molecule has 2 N–H and O–H groups in total. The molecule has 0 fully saturated rings. The van der Waals surface area contributed by atoms with E-state index in [1.165, 1.54) is 18.6 Å². The highest BCUT2D eigenvalue weighted by Gasteiger charge is 2.14. The standard InChI is InChI=1S/C16H12BrN3O4/c17-11-1-3-12(4-2-11)18-15(21)9-24-16(22)14-7-13(19-20-14)10-5-6-23-8-10/h1-8H,9H2,(H,18,21)(H,19,20). The average molecular weight is 390 g/mol. The summed E-state index contributed by atoms with van der Waals surface area (Å²) in [5.41, 5.74) is 2.05. The molecule has 24 heavy (non-hydrogen) atoms. The van der Waals surface area contributed by atoms with Gasteiger partial charge in [-0.2, -0.15) is 5.10 Å². The summed E-state index contributed by atoms with van der Waals surface area (Å²) < 4.78 is 10.8. The Morgan fingerprint density at radius 1 is 1.25 bits per heavy atom. The van der Waals surface area contributed by atoms with Crippen LogP contribution in [0.5, 0.6) is 0 Å². The SMILES string of the molecule is O=C(COC(=O)c1cc(-c2ccoc2)n[nH]1)Nc1ccc(Br)cc1. The topological polar surface area (TPSA) is 97.2 Å². The van der Waals surface area contributed by atoms with E-state index in [0.717, 1.165) is 10.0 Å². The van der Waals surface area contributed by atoms with Crippen LogP contribution in [0, 0.1) is 0 Å². The molecule has 8 heteroatoms. The number of halogens is 1. The van der Waals surface area contributed by atoms with Crippen LogP contribution in [-0.2, 0) is 9.53 Å². The molecule has 2 aromatic heterocycles. The Hall–Kier alpha value is -2.87. The molecule has 0 aliphatic carbocycles. The van der Waals surface area contributed by atoms with Crippen molar-refractivity contribution < 1.29 is 18.7 Å². The molecule has 122 valence electrons. The van der Waals surface area contributed by atoms with Crippen molar-refractivity contribution in [2.45, 2.75) is 0 Å². The van der Waals surface area contributed by atoms with Gasteiger partial charge in [-0.05, 0) is 36.4 Å². The molecule has 0 bridgehead atoms. The van der Waals surface area contributed by atoms with Gasteiger partial charge in [-0.15, -0.1) is 0 Å². The van der Waals surface area contributed by atoms with E-state index in [-0.39, 0.29) is 5.69 Å². The smallest absolute Gasteiger partial charge is 0.356 e. The molecular weight excluding hydrogens is 378 g/mol. The number of amides is 1. The fraction of sp³-hybridized carbons (Fsp3) is 0.0625. The third kappa shape index (κ3) is 3.90. The number of benzene rings is 1. The minimum atomic E-state index is -0.664. The van der Waals surface area contributed by atoms with Crippen molar-refractivity contribution in [3.8, 4) is 11.3 Å². The molecule has 0 atom stereocenters. The Kier molecular flexibility index (Phi) is 4.76. The molecule has 0 spiro atoms. The van der Waals surface area contributed by atoms with E-state index < -0.39 is 18.5 Å². The Balaban J connectivity index is 1.53. The molecule has 7 nitrogen and oxygen atoms in total. The molecular formula is C16H12BrN3O4. The van der Waals surface area contributed by atoms with Gasteiger partial charge in [-0.3, -0.25) is 9.89 Å². The lowest BCUT2D eigenvalue weighted by Gasteiger charge is -2.05. The van der Waals surface area contributed by atoms with Crippen molar-refractivity contribution >= 4 is 33.5 Å². The number of aromatic nitrogens is 2. The first-order valence-electron chi connectivity index (χ1n) is 6.92. The highest BCUT2D eigenvalue weighted by molar-refractivity contribution is 9.10. The Labute approximate surface area is 145 Å². The van der Waals surface area contributed by atoms with Gasteiger partial charge in [0, 0.05) is 15.7 Å². The zero-order valence-electron chi connectivity index (χ0n) is 12.3. The lowest BCUT2D eigenvalue weighted by Crippen LogP contribution is -2.21. The van der Waals surface area contributed by atoms with Gasteiger partial charge in [0.05, 0.1) is 18.2 Å². The lowest BCUT2D eigenvalue weighted by molar-refractivity contribution is -0.119. The van der Waals surface area contributed by atoms with Crippen LogP contribution in [0.2, 0.25) is 0 Å². The van der Waals surface area contributed by atoms with Gasteiger partial charge in [-0.1, -0.05) is 15.9 Å². The number of anilines is 1. The number of nitrogens with one attached hydrogen (secondary N) is 2. The van der Waals surface area contributed by atoms with Crippen LogP contribution >= 0.6 is 15.9 Å². The first-order valence-corrected chi connectivity index (χ1v) is 7.71. The molecule has 0 saturated heterocycles. The summed E-state index contributed by atoms with van der Waals surface area (Å²) in [7, 11) is 0. The summed E-state index contributed by atoms with van der Waals surface area (Å²) >= 11 is 3.31. The Morgan fingerprint density at radius 2 is 2.04 bits per heavy atom. The predicted molar refractivity (Wildman–Crippen MR) is 89.3 cm³/mol. The number of hydrogen-bond acceptors (Lipinski definition) is 5. The summed E-state index contributed by atoms with van der Waals surface area (Å²) in [4.78, 5) is 23.7. The molecule has 3 rings (SSSR count). The molecule has 0 unspecified atom stereocenters. The number of carbonyl (C=O) groups excluding carboxylic acids is 2. The monoisotopic (exact) mass is 389 g/mol. The molecule has 0 aliphatic rings. The van der Waals surface area contributed by atoms with Gasteiger partial charge in [-0.25, -0.2) is 4.79 Å². The summed E-state index contributed by atoms with van der Waals surface area (Å²) in [5.74, 6) is -1.09. The quantitative estimate of drug-likeness (QED) is 0.652. The third-order valence-electron chi connectivity index (χ3n) is 3.08. The van der Waals surface area contributed by atoms with Crippen molar-refractivity contribution in [1.29, 1.82) is 0 Å². The van der Waals surface area contributed by atoms with Crippen molar-refractivity contribution in [2.75, 3.05) is 11.9 Å². The van der Waals surface area contributed by atoms with Gasteiger partial charge in [0.15, 0.2) is 6.61 Å². The van der Waals surface area contributed by atoms with Crippen LogP contribution in [0.25, 0.3) is 11.3 Å². The molecule has 2 heterocycles. The first kappa shape index (κ1) is 16.0. The molecule has 0 aliphatic heterocycles. The van der Waals surface area contributed by atoms with Crippen molar-refractivity contribution in [3.05, 3.63) is 59.1 Å². The minimum Gasteiger partial charge on any atom is -0.472 e. The summed E-state index contributed by atoms with van der Waals surface area (Å²) in [5, 5.41) is 9.19. The van der Waals surface area contributed by atoms with Gasteiger partial charge in [0.25, 0.3) is 5.91 Å². The van der Waals surface area contributed by atoms with Crippen molar-refractivity contribution in [2.24, 2.45) is 0 Å². The highest BCUT2D eigenvalue weighted by Crippen LogP contribution is 2.18. The van der Waals surface area contributed by atoms with Gasteiger partial charge in [0.2, 0.25) is 0 Å². The fourth-order valence-electron chi connectivity index (χ4n) is 1.92. The number of H-pyrrole nitrogens is 1. The molecule has 1 aromatic carbocycles. The maximum absolute atomic E-state index is 11.9.